The number of nitrogens with one attached hydrogen (secondary N) is 2. The summed E-state index contributed by atoms with van der Waals surface area (Å²) in [6, 6.07) is 6.44. The third kappa shape index (κ3) is 4.43. The molecule has 1 aliphatic heterocycles. The summed E-state index contributed by atoms with van der Waals surface area (Å²) in [5, 5.41) is 5.74. The first kappa shape index (κ1) is 16.3. The summed E-state index contributed by atoms with van der Waals surface area (Å²) in [4.78, 5) is 12.1. The molecular formula is C16H24ClN3O. The quantitative estimate of drug-likeness (QED) is 0.896. The second kappa shape index (κ2) is 7.25. The van der Waals surface area contributed by atoms with Gasteiger partial charge in [0.05, 0.1) is 6.54 Å². The highest BCUT2D eigenvalue weighted by molar-refractivity contribution is 6.31. The molecule has 116 valence electrons. The van der Waals surface area contributed by atoms with Crippen LogP contribution in [0.5, 0.6) is 0 Å². The van der Waals surface area contributed by atoms with E-state index in [0.717, 1.165) is 11.3 Å². The zero-order valence-corrected chi connectivity index (χ0v) is 13.7. The van der Waals surface area contributed by atoms with Crippen LogP contribution in [0, 0.1) is 6.92 Å². The number of hydrogen-bond acceptors (Lipinski definition) is 3. The van der Waals surface area contributed by atoms with Crippen molar-refractivity contribution in [1.29, 1.82) is 0 Å². The molecule has 0 aliphatic carbocycles. The minimum atomic E-state index is -0.0506. The van der Waals surface area contributed by atoms with Crippen molar-refractivity contribution in [1.82, 2.24) is 10.4 Å². The van der Waals surface area contributed by atoms with Crippen molar-refractivity contribution in [3.05, 3.63) is 28.8 Å². The monoisotopic (exact) mass is 309 g/mol. The Bertz CT molecular complexity index is 496. The highest BCUT2D eigenvalue weighted by Crippen LogP contribution is 2.21. The molecule has 0 aromatic heterocycles. The third-order valence-corrected chi connectivity index (χ3v) is 4.32. The maximum absolute atomic E-state index is 12.1. The predicted octanol–water partition coefficient (Wildman–Crippen LogP) is 3.35. The third-order valence-electron chi connectivity index (χ3n) is 4.09. The van der Waals surface area contributed by atoms with Crippen molar-refractivity contribution in [3.63, 3.8) is 0 Å². The molecule has 1 fully saturated rings. The second-order valence-corrected chi connectivity index (χ2v) is 6.31. The minimum absolute atomic E-state index is 0.0506. The van der Waals surface area contributed by atoms with E-state index in [0.29, 0.717) is 17.1 Å². The Morgan fingerprint density at radius 1 is 1.33 bits per heavy atom. The first-order valence-corrected chi connectivity index (χ1v) is 7.93. The number of hydrogen-bond donors (Lipinski definition) is 2. The smallest absolute Gasteiger partial charge is 0.239 e. The molecular weight excluding hydrogens is 286 g/mol. The van der Waals surface area contributed by atoms with E-state index in [1.165, 1.54) is 19.3 Å². The number of amides is 1. The van der Waals surface area contributed by atoms with Gasteiger partial charge >= 0.3 is 0 Å². The fourth-order valence-electron chi connectivity index (χ4n) is 2.82. The number of benzene rings is 1. The molecule has 0 radical (unpaired) electrons. The Kier molecular flexibility index (Phi) is 5.62. The SMILES string of the molecule is Cc1ccc(Cl)cc1NC(=O)CNN1C(C)CCCC1C. The molecule has 21 heavy (non-hydrogen) atoms. The number of piperidine rings is 1. The van der Waals surface area contributed by atoms with E-state index in [2.05, 4.69) is 29.6 Å². The number of hydrazine groups is 1. The molecule has 5 heteroatoms. The fourth-order valence-corrected chi connectivity index (χ4v) is 2.99. The van der Waals surface area contributed by atoms with Crippen LogP contribution in [0.3, 0.4) is 0 Å². The number of anilines is 1. The van der Waals surface area contributed by atoms with Crippen LogP contribution in [0.2, 0.25) is 5.02 Å². The Balaban J connectivity index is 1.88. The summed E-state index contributed by atoms with van der Waals surface area (Å²) in [7, 11) is 0. The Labute approximate surface area is 131 Å². The number of rotatable bonds is 4. The molecule has 1 aliphatic rings. The lowest BCUT2D eigenvalue weighted by molar-refractivity contribution is -0.117. The molecule has 1 aromatic rings. The van der Waals surface area contributed by atoms with E-state index in [-0.39, 0.29) is 12.5 Å². The molecule has 0 spiro atoms. The van der Waals surface area contributed by atoms with Gasteiger partial charge < -0.3 is 5.32 Å². The average Bonchev–Trinajstić information content (AvgIpc) is 2.42. The number of aryl methyl sites for hydroxylation is 1. The first-order valence-electron chi connectivity index (χ1n) is 7.55. The highest BCUT2D eigenvalue weighted by atomic mass is 35.5. The van der Waals surface area contributed by atoms with Crippen molar-refractivity contribution in [2.45, 2.75) is 52.1 Å². The van der Waals surface area contributed by atoms with Gasteiger partial charge in [0, 0.05) is 22.8 Å². The number of carbonyl (C=O) groups is 1. The molecule has 1 amide bonds. The van der Waals surface area contributed by atoms with Crippen LogP contribution in [0.4, 0.5) is 5.69 Å². The summed E-state index contributed by atoms with van der Waals surface area (Å²) in [5.41, 5.74) is 5.04. The largest absolute Gasteiger partial charge is 0.325 e. The van der Waals surface area contributed by atoms with Gasteiger partial charge in [-0.2, -0.15) is 0 Å². The van der Waals surface area contributed by atoms with Gasteiger partial charge in [0.1, 0.15) is 0 Å². The Morgan fingerprint density at radius 2 is 2.00 bits per heavy atom. The van der Waals surface area contributed by atoms with Crippen molar-refractivity contribution < 1.29 is 4.79 Å². The molecule has 1 heterocycles. The molecule has 0 bridgehead atoms. The van der Waals surface area contributed by atoms with Crippen LogP contribution >= 0.6 is 11.6 Å². The van der Waals surface area contributed by atoms with Gasteiger partial charge in [-0.1, -0.05) is 24.1 Å². The first-order chi connectivity index (χ1) is 9.97. The lowest BCUT2D eigenvalue weighted by Crippen LogP contribution is -2.53. The second-order valence-electron chi connectivity index (χ2n) is 5.88. The predicted molar refractivity (Wildman–Crippen MR) is 87.4 cm³/mol. The van der Waals surface area contributed by atoms with Crippen LogP contribution in [0.15, 0.2) is 18.2 Å². The summed E-state index contributed by atoms with van der Waals surface area (Å²) in [6.07, 6.45) is 3.60. The van der Waals surface area contributed by atoms with E-state index in [1.807, 2.05) is 19.1 Å². The highest BCUT2D eigenvalue weighted by Gasteiger charge is 2.24. The van der Waals surface area contributed by atoms with E-state index in [4.69, 9.17) is 11.6 Å². The van der Waals surface area contributed by atoms with Gasteiger partial charge in [0.15, 0.2) is 0 Å². The van der Waals surface area contributed by atoms with Crippen LogP contribution in [-0.2, 0) is 4.79 Å². The van der Waals surface area contributed by atoms with E-state index >= 15 is 0 Å². The Morgan fingerprint density at radius 3 is 2.67 bits per heavy atom. The van der Waals surface area contributed by atoms with Crippen LogP contribution in [0.25, 0.3) is 0 Å². The van der Waals surface area contributed by atoms with Gasteiger partial charge in [-0.15, -0.1) is 0 Å². The van der Waals surface area contributed by atoms with Gasteiger partial charge in [-0.3, -0.25) is 4.79 Å². The van der Waals surface area contributed by atoms with Gasteiger partial charge in [0.2, 0.25) is 5.91 Å². The zero-order chi connectivity index (χ0) is 15.4. The van der Waals surface area contributed by atoms with Gasteiger partial charge in [-0.25, -0.2) is 10.4 Å². The molecule has 2 rings (SSSR count). The van der Waals surface area contributed by atoms with E-state index in [9.17, 15) is 4.79 Å². The maximum Gasteiger partial charge on any atom is 0.239 e. The van der Waals surface area contributed by atoms with Gasteiger partial charge in [0.25, 0.3) is 0 Å². The average molecular weight is 310 g/mol. The summed E-state index contributed by atoms with van der Waals surface area (Å²) >= 11 is 5.96. The van der Waals surface area contributed by atoms with Gasteiger partial charge in [-0.05, 0) is 51.3 Å². The molecule has 2 N–H and O–H groups in total. The van der Waals surface area contributed by atoms with Crippen molar-refractivity contribution >= 4 is 23.2 Å². The number of carbonyl (C=O) groups excluding carboxylic acids is 1. The van der Waals surface area contributed by atoms with Crippen LogP contribution < -0.4 is 10.7 Å². The normalized spacial score (nSPS) is 23.0. The van der Waals surface area contributed by atoms with Crippen molar-refractivity contribution in [2.75, 3.05) is 11.9 Å². The summed E-state index contributed by atoms with van der Waals surface area (Å²) in [5.74, 6) is -0.0506. The summed E-state index contributed by atoms with van der Waals surface area (Å²) < 4.78 is 0. The number of nitrogens with zero attached hydrogens (tertiary/aromatic N) is 1. The Hall–Kier alpha value is -1.10. The lowest BCUT2D eigenvalue weighted by atomic mass is 10.00. The summed E-state index contributed by atoms with van der Waals surface area (Å²) in [6.45, 7) is 6.62. The molecule has 0 saturated carbocycles. The topological polar surface area (TPSA) is 44.4 Å². The van der Waals surface area contributed by atoms with Crippen molar-refractivity contribution in [3.8, 4) is 0 Å². The standard InChI is InChI=1S/C16H24ClN3O/c1-11-7-8-14(17)9-15(11)19-16(21)10-18-20-12(2)5-4-6-13(20)3/h7-9,12-13,18H,4-6,10H2,1-3H3,(H,19,21). The molecule has 1 aromatic carbocycles. The van der Waals surface area contributed by atoms with Crippen molar-refractivity contribution in [2.24, 2.45) is 0 Å². The lowest BCUT2D eigenvalue weighted by Gasteiger charge is -2.38. The van der Waals surface area contributed by atoms with Crippen LogP contribution in [-0.4, -0.2) is 29.5 Å². The molecule has 2 unspecified atom stereocenters. The number of halogens is 1. The van der Waals surface area contributed by atoms with E-state index in [1.54, 1.807) is 6.07 Å². The maximum atomic E-state index is 12.1. The fraction of sp³-hybridized carbons (Fsp3) is 0.562. The minimum Gasteiger partial charge on any atom is -0.325 e. The molecule has 1 saturated heterocycles. The molecule has 4 nitrogen and oxygen atoms in total. The molecule has 2 atom stereocenters. The van der Waals surface area contributed by atoms with E-state index < -0.39 is 0 Å². The zero-order valence-electron chi connectivity index (χ0n) is 12.9. The van der Waals surface area contributed by atoms with Crippen LogP contribution in [0.1, 0.15) is 38.7 Å².